The van der Waals surface area contributed by atoms with Crippen molar-refractivity contribution in [3.05, 3.63) is 35.2 Å². The van der Waals surface area contributed by atoms with E-state index in [0.29, 0.717) is 5.69 Å². The minimum atomic E-state index is -4.60. The Morgan fingerprint density at radius 2 is 2.00 bits per heavy atom. The van der Waals surface area contributed by atoms with Crippen LogP contribution in [0.1, 0.15) is 21.7 Å². The monoisotopic (exact) mass is 258 g/mol. The minimum Gasteiger partial charge on any atom is -0.465 e. The number of pyridine rings is 1. The molecular weight excluding hydrogens is 249 g/mol. The molecule has 0 aliphatic heterocycles. The number of alkyl halides is 3. The highest BCUT2D eigenvalue weighted by molar-refractivity contribution is 5.90. The minimum absolute atomic E-state index is 0.155. The lowest BCUT2D eigenvalue weighted by Crippen LogP contribution is -2.15. The molecule has 0 N–H and O–H groups in total. The molecular formula is C11H9F3N2O2. The highest BCUT2D eigenvalue weighted by Gasteiger charge is 2.35. The summed E-state index contributed by atoms with van der Waals surface area (Å²) in [6, 6.07) is 3.49. The van der Waals surface area contributed by atoms with E-state index in [2.05, 4.69) is 9.84 Å². The number of carbonyl (C=O) groups is 1. The average Bonchev–Trinajstić information content (AvgIpc) is 2.65. The van der Waals surface area contributed by atoms with Crippen LogP contribution in [-0.2, 0) is 10.9 Å². The Labute approximate surface area is 100.0 Å². The number of hydrogen-bond acceptors (Lipinski definition) is 3. The van der Waals surface area contributed by atoms with Gasteiger partial charge in [0.1, 0.15) is 5.69 Å². The summed E-state index contributed by atoms with van der Waals surface area (Å²) in [7, 11) is 1.11. The first-order valence-electron chi connectivity index (χ1n) is 4.99. The fraction of sp³-hybridized carbons (Fsp3) is 0.273. The van der Waals surface area contributed by atoms with E-state index in [4.69, 9.17) is 0 Å². The van der Waals surface area contributed by atoms with E-state index in [0.717, 1.165) is 17.7 Å². The van der Waals surface area contributed by atoms with Gasteiger partial charge >= 0.3 is 12.1 Å². The molecule has 2 aromatic rings. The number of aromatic nitrogens is 2. The van der Waals surface area contributed by atoms with Crippen molar-refractivity contribution < 1.29 is 22.7 Å². The summed E-state index contributed by atoms with van der Waals surface area (Å²) >= 11 is 0. The van der Waals surface area contributed by atoms with Crippen molar-refractivity contribution in [3.8, 4) is 0 Å². The van der Waals surface area contributed by atoms with Crippen LogP contribution in [0.2, 0.25) is 0 Å². The van der Waals surface area contributed by atoms with Crippen LogP contribution in [0.15, 0.2) is 18.2 Å². The summed E-state index contributed by atoms with van der Waals surface area (Å²) in [6.45, 7) is 1.57. The Morgan fingerprint density at radius 1 is 1.33 bits per heavy atom. The van der Waals surface area contributed by atoms with Gasteiger partial charge < -0.3 is 4.74 Å². The van der Waals surface area contributed by atoms with E-state index in [1.165, 1.54) is 12.1 Å². The Bertz CT molecular complexity index is 617. The Kier molecular flexibility index (Phi) is 2.76. The van der Waals surface area contributed by atoms with Crippen molar-refractivity contribution in [3.63, 3.8) is 0 Å². The molecule has 0 unspecified atom stereocenters. The zero-order valence-electron chi connectivity index (χ0n) is 9.58. The van der Waals surface area contributed by atoms with Crippen LogP contribution in [-0.4, -0.2) is 22.7 Å². The van der Waals surface area contributed by atoms with Crippen LogP contribution in [0, 0.1) is 6.92 Å². The molecule has 0 spiro atoms. The summed E-state index contributed by atoms with van der Waals surface area (Å²) < 4.78 is 43.8. The largest absolute Gasteiger partial charge is 0.465 e. The van der Waals surface area contributed by atoms with Crippen molar-refractivity contribution in [2.24, 2.45) is 0 Å². The molecule has 0 aliphatic rings. The van der Waals surface area contributed by atoms with Crippen molar-refractivity contribution in [2.75, 3.05) is 7.11 Å². The van der Waals surface area contributed by atoms with Crippen LogP contribution < -0.4 is 0 Å². The fourth-order valence-corrected chi connectivity index (χ4v) is 1.66. The molecule has 0 atom stereocenters. The Morgan fingerprint density at radius 3 is 2.56 bits per heavy atom. The van der Waals surface area contributed by atoms with Gasteiger partial charge in [-0.2, -0.15) is 18.3 Å². The number of aryl methyl sites for hydroxylation is 1. The van der Waals surface area contributed by atoms with Crippen LogP contribution in [0.4, 0.5) is 13.2 Å². The topological polar surface area (TPSA) is 43.6 Å². The van der Waals surface area contributed by atoms with E-state index in [9.17, 15) is 18.0 Å². The molecule has 7 heteroatoms. The first kappa shape index (κ1) is 12.4. The van der Waals surface area contributed by atoms with E-state index in [1.807, 2.05) is 0 Å². The number of ether oxygens (including phenoxy) is 1. The summed E-state index contributed by atoms with van der Waals surface area (Å²) in [4.78, 5) is 11.3. The van der Waals surface area contributed by atoms with Gasteiger partial charge in [-0.3, -0.25) is 0 Å². The number of carbonyl (C=O) groups excluding carboxylic acids is 1. The molecule has 0 saturated heterocycles. The number of rotatable bonds is 1. The first-order chi connectivity index (χ1) is 8.32. The lowest BCUT2D eigenvalue weighted by atomic mass is 10.2. The Hall–Kier alpha value is -2.05. The second-order valence-corrected chi connectivity index (χ2v) is 3.74. The van der Waals surface area contributed by atoms with Gasteiger partial charge in [-0.1, -0.05) is 0 Å². The van der Waals surface area contributed by atoms with E-state index < -0.39 is 17.8 Å². The van der Waals surface area contributed by atoms with Gasteiger partial charge in [0.05, 0.1) is 23.9 Å². The maximum absolute atomic E-state index is 12.9. The van der Waals surface area contributed by atoms with Crippen LogP contribution in [0.25, 0.3) is 5.52 Å². The molecule has 0 amide bonds. The third kappa shape index (κ3) is 2.03. The summed E-state index contributed by atoms with van der Waals surface area (Å²) in [6.07, 6.45) is -4.60. The zero-order chi connectivity index (χ0) is 13.5. The molecule has 2 rings (SSSR count). The van der Waals surface area contributed by atoms with Crippen LogP contribution in [0.5, 0.6) is 0 Å². The number of esters is 1. The van der Waals surface area contributed by atoms with Crippen molar-refractivity contribution in [1.29, 1.82) is 0 Å². The molecule has 0 radical (unpaired) electrons. The van der Waals surface area contributed by atoms with Crippen molar-refractivity contribution in [1.82, 2.24) is 9.61 Å². The quantitative estimate of drug-likeness (QED) is 0.738. The number of nitrogens with zero attached hydrogens (tertiary/aromatic N) is 2. The second kappa shape index (κ2) is 4.01. The lowest BCUT2D eigenvalue weighted by Gasteiger charge is -2.10. The molecule has 0 aromatic carbocycles. The third-order valence-corrected chi connectivity index (χ3v) is 2.39. The van der Waals surface area contributed by atoms with Crippen LogP contribution in [0.3, 0.4) is 0 Å². The van der Waals surface area contributed by atoms with Crippen LogP contribution >= 0.6 is 0 Å². The predicted octanol–water partition coefficient (Wildman–Crippen LogP) is 2.45. The molecule has 4 nitrogen and oxygen atoms in total. The first-order valence-corrected chi connectivity index (χ1v) is 4.99. The van der Waals surface area contributed by atoms with Gasteiger partial charge in [0.2, 0.25) is 0 Å². The molecule has 2 aromatic heterocycles. The third-order valence-electron chi connectivity index (χ3n) is 2.39. The van der Waals surface area contributed by atoms with Crippen molar-refractivity contribution >= 4 is 11.5 Å². The molecule has 96 valence electrons. The van der Waals surface area contributed by atoms with Gasteiger partial charge in [-0.05, 0) is 25.1 Å². The molecule has 2 heterocycles. The average molecular weight is 258 g/mol. The maximum atomic E-state index is 12.9. The van der Waals surface area contributed by atoms with E-state index in [1.54, 1.807) is 6.92 Å². The summed E-state index contributed by atoms with van der Waals surface area (Å²) in [5, 5.41) is 3.75. The smallest absolute Gasteiger partial charge is 0.433 e. The maximum Gasteiger partial charge on any atom is 0.433 e. The van der Waals surface area contributed by atoms with Gasteiger partial charge in [0, 0.05) is 0 Å². The summed E-state index contributed by atoms with van der Waals surface area (Å²) in [5.41, 5.74) is -0.532. The number of methoxy groups -OCH3 is 1. The second-order valence-electron chi connectivity index (χ2n) is 3.74. The standard InChI is InChI=1S/C11H9F3N2O2/c1-6-3-8-4-7(10(17)18-2)5-9(11(12,13)14)16(8)15-6/h3-5H,1-2H3. The zero-order valence-corrected chi connectivity index (χ0v) is 9.58. The van der Waals surface area contributed by atoms with E-state index in [-0.39, 0.29) is 11.1 Å². The SMILES string of the molecule is COC(=O)c1cc(C(F)(F)F)n2nc(C)cc2c1. The molecule has 0 bridgehead atoms. The highest BCUT2D eigenvalue weighted by atomic mass is 19.4. The molecule has 0 saturated carbocycles. The number of fused-ring (bicyclic) bond motifs is 1. The molecule has 18 heavy (non-hydrogen) atoms. The highest BCUT2D eigenvalue weighted by Crippen LogP contribution is 2.30. The van der Waals surface area contributed by atoms with Gasteiger partial charge in [-0.25, -0.2) is 9.31 Å². The predicted molar refractivity (Wildman–Crippen MR) is 56.3 cm³/mol. The fourth-order valence-electron chi connectivity index (χ4n) is 1.66. The molecule has 0 aliphatic carbocycles. The summed E-state index contributed by atoms with van der Waals surface area (Å²) in [5.74, 6) is -0.818. The number of halogens is 3. The van der Waals surface area contributed by atoms with E-state index >= 15 is 0 Å². The van der Waals surface area contributed by atoms with Gasteiger partial charge in [0.25, 0.3) is 0 Å². The van der Waals surface area contributed by atoms with Gasteiger partial charge in [0.15, 0.2) is 0 Å². The number of hydrogen-bond donors (Lipinski definition) is 0. The normalized spacial score (nSPS) is 11.8. The lowest BCUT2D eigenvalue weighted by molar-refractivity contribution is -0.142. The Balaban J connectivity index is 2.76. The van der Waals surface area contributed by atoms with Gasteiger partial charge in [-0.15, -0.1) is 0 Å². The van der Waals surface area contributed by atoms with Crippen molar-refractivity contribution in [2.45, 2.75) is 13.1 Å². The molecule has 0 fully saturated rings.